The van der Waals surface area contributed by atoms with Crippen molar-refractivity contribution in [2.45, 2.75) is 6.54 Å². The van der Waals surface area contributed by atoms with Crippen molar-refractivity contribution in [2.24, 2.45) is 0 Å². The maximum Gasteiger partial charge on any atom is 0.295 e. The molecule has 0 amide bonds. The summed E-state index contributed by atoms with van der Waals surface area (Å²) in [4.78, 5) is 10.3. The van der Waals surface area contributed by atoms with Crippen LogP contribution in [-0.2, 0) is 6.54 Å². The molecule has 0 radical (unpaired) electrons. The minimum absolute atomic E-state index is 0.131. The number of anilines is 1. The molecule has 0 saturated carbocycles. The Balaban J connectivity index is 1.86. The number of nitrogens with one attached hydrogen (secondary N) is 1. The van der Waals surface area contributed by atoms with Gasteiger partial charge < -0.3 is 14.8 Å². The van der Waals surface area contributed by atoms with Gasteiger partial charge in [0, 0.05) is 18.2 Å². The number of ether oxygens (including phenoxy) is 2. The number of para-hydroxylation sites is 2. The lowest BCUT2D eigenvalue weighted by molar-refractivity contribution is -0.384. The molecule has 0 saturated heterocycles. The van der Waals surface area contributed by atoms with E-state index in [1.165, 1.54) is 18.2 Å². The van der Waals surface area contributed by atoms with Gasteiger partial charge in [0.25, 0.3) is 5.69 Å². The zero-order chi connectivity index (χ0) is 14.8. The van der Waals surface area contributed by atoms with E-state index in [9.17, 15) is 14.5 Å². The van der Waals surface area contributed by atoms with Crippen molar-refractivity contribution in [3.05, 3.63) is 57.9 Å². The zero-order valence-corrected chi connectivity index (χ0v) is 10.8. The van der Waals surface area contributed by atoms with Gasteiger partial charge in [0.05, 0.1) is 4.92 Å². The van der Waals surface area contributed by atoms with Crippen molar-refractivity contribution in [2.75, 3.05) is 12.1 Å². The van der Waals surface area contributed by atoms with Crippen LogP contribution in [0, 0.1) is 15.9 Å². The largest absolute Gasteiger partial charge is 0.454 e. The van der Waals surface area contributed by atoms with Crippen LogP contribution in [-0.4, -0.2) is 11.7 Å². The highest BCUT2D eigenvalue weighted by Crippen LogP contribution is 2.36. The van der Waals surface area contributed by atoms with Gasteiger partial charge in [-0.05, 0) is 12.1 Å². The molecule has 0 aliphatic carbocycles. The fourth-order valence-electron chi connectivity index (χ4n) is 2.15. The highest BCUT2D eigenvalue weighted by atomic mass is 19.1. The summed E-state index contributed by atoms with van der Waals surface area (Å²) < 4.78 is 24.3. The number of nitrogens with zero attached hydrogens (tertiary/aromatic N) is 1. The van der Waals surface area contributed by atoms with Crippen molar-refractivity contribution in [1.29, 1.82) is 0 Å². The van der Waals surface area contributed by atoms with Gasteiger partial charge in [0.1, 0.15) is 5.69 Å². The highest BCUT2D eigenvalue weighted by molar-refractivity contribution is 5.63. The molecule has 6 nitrogen and oxygen atoms in total. The summed E-state index contributed by atoms with van der Waals surface area (Å²) in [6, 6.07) is 9.05. The van der Waals surface area contributed by atoms with E-state index in [1.807, 2.05) is 0 Å². The molecule has 1 aliphatic rings. The number of hydrogen-bond donors (Lipinski definition) is 1. The molecule has 3 rings (SSSR count). The Morgan fingerprint density at radius 1 is 1.24 bits per heavy atom. The second-order valence-corrected chi connectivity index (χ2v) is 4.40. The van der Waals surface area contributed by atoms with Gasteiger partial charge in [0.2, 0.25) is 6.79 Å². The molecule has 0 aromatic heterocycles. The Kier molecular flexibility index (Phi) is 3.31. The van der Waals surface area contributed by atoms with E-state index >= 15 is 0 Å². The lowest BCUT2D eigenvalue weighted by atomic mass is 10.1. The summed E-state index contributed by atoms with van der Waals surface area (Å²) in [5.41, 5.74) is 0.293. The van der Waals surface area contributed by atoms with E-state index in [0.717, 1.165) is 5.56 Å². The Bertz CT molecular complexity index is 705. The number of rotatable bonds is 4. The molecular formula is C14H11FN2O4. The molecule has 0 fully saturated rings. The van der Waals surface area contributed by atoms with Crippen LogP contribution in [0.5, 0.6) is 11.5 Å². The summed E-state index contributed by atoms with van der Waals surface area (Å²) in [7, 11) is 0. The van der Waals surface area contributed by atoms with Crippen LogP contribution in [0.2, 0.25) is 0 Å². The zero-order valence-electron chi connectivity index (χ0n) is 10.8. The lowest BCUT2D eigenvalue weighted by Gasteiger charge is -2.10. The summed E-state index contributed by atoms with van der Waals surface area (Å²) in [5.74, 6) is 0.510. The fraction of sp³-hybridized carbons (Fsp3) is 0.143. The fourth-order valence-corrected chi connectivity index (χ4v) is 2.15. The molecule has 2 aromatic carbocycles. The molecule has 0 spiro atoms. The van der Waals surface area contributed by atoms with Crippen LogP contribution < -0.4 is 14.8 Å². The van der Waals surface area contributed by atoms with Gasteiger partial charge in [-0.2, -0.15) is 0 Å². The van der Waals surface area contributed by atoms with E-state index in [-0.39, 0.29) is 24.7 Å². The van der Waals surface area contributed by atoms with Gasteiger partial charge in [0.15, 0.2) is 17.3 Å². The first-order valence-electron chi connectivity index (χ1n) is 6.21. The summed E-state index contributed by atoms with van der Waals surface area (Å²) in [6.07, 6.45) is 0. The van der Waals surface area contributed by atoms with E-state index < -0.39 is 10.7 Å². The first-order valence-corrected chi connectivity index (χ1v) is 6.21. The van der Waals surface area contributed by atoms with Crippen LogP contribution >= 0.6 is 0 Å². The number of nitro benzene ring substituents is 1. The van der Waals surface area contributed by atoms with Gasteiger partial charge in [-0.15, -0.1) is 0 Å². The van der Waals surface area contributed by atoms with Crippen molar-refractivity contribution in [1.82, 2.24) is 0 Å². The molecule has 0 atom stereocenters. The number of nitro groups is 1. The number of benzene rings is 2. The molecule has 21 heavy (non-hydrogen) atoms. The van der Waals surface area contributed by atoms with Gasteiger partial charge in [-0.3, -0.25) is 10.1 Å². The van der Waals surface area contributed by atoms with E-state index in [0.29, 0.717) is 11.5 Å². The first kappa shape index (κ1) is 13.2. The van der Waals surface area contributed by atoms with Crippen molar-refractivity contribution in [3.8, 4) is 11.5 Å². The van der Waals surface area contributed by atoms with E-state index in [2.05, 4.69) is 5.32 Å². The van der Waals surface area contributed by atoms with Crippen LogP contribution in [0.25, 0.3) is 0 Å². The molecule has 0 bridgehead atoms. The standard InChI is InChI=1S/C14H11FN2O4/c15-10-4-2-5-11(17(18)19)13(10)16-7-9-3-1-6-12-14(9)21-8-20-12/h1-6,16H,7-8H2. The van der Waals surface area contributed by atoms with E-state index in [4.69, 9.17) is 9.47 Å². The Hall–Kier alpha value is -2.83. The topological polar surface area (TPSA) is 73.6 Å². The summed E-state index contributed by atoms with van der Waals surface area (Å²) in [6.45, 7) is 0.320. The molecular weight excluding hydrogens is 279 g/mol. The number of fused-ring (bicyclic) bond motifs is 1. The monoisotopic (exact) mass is 290 g/mol. The van der Waals surface area contributed by atoms with Gasteiger partial charge in [-0.25, -0.2) is 4.39 Å². The summed E-state index contributed by atoms with van der Waals surface area (Å²) in [5, 5.41) is 13.7. The van der Waals surface area contributed by atoms with Gasteiger partial charge >= 0.3 is 0 Å². The van der Waals surface area contributed by atoms with Crippen LogP contribution in [0.4, 0.5) is 15.8 Å². The molecule has 7 heteroatoms. The molecule has 2 aromatic rings. The Morgan fingerprint density at radius 3 is 2.86 bits per heavy atom. The number of hydrogen-bond acceptors (Lipinski definition) is 5. The minimum atomic E-state index is -0.672. The summed E-state index contributed by atoms with van der Waals surface area (Å²) >= 11 is 0. The second-order valence-electron chi connectivity index (χ2n) is 4.40. The second kappa shape index (κ2) is 5.28. The molecule has 1 heterocycles. The predicted molar refractivity (Wildman–Crippen MR) is 72.9 cm³/mol. The lowest BCUT2D eigenvalue weighted by Crippen LogP contribution is -2.05. The first-order chi connectivity index (χ1) is 10.2. The van der Waals surface area contributed by atoms with Crippen molar-refractivity contribution in [3.63, 3.8) is 0 Å². The van der Waals surface area contributed by atoms with Crippen LogP contribution in [0.3, 0.4) is 0 Å². The minimum Gasteiger partial charge on any atom is -0.454 e. The van der Waals surface area contributed by atoms with Gasteiger partial charge in [-0.1, -0.05) is 18.2 Å². The van der Waals surface area contributed by atoms with Crippen molar-refractivity contribution >= 4 is 11.4 Å². The SMILES string of the molecule is O=[N+]([O-])c1cccc(F)c1NCc1cccc2c1OCO2. The molecule has 1 aliphatic heterocycles. The Morgan fingerprint density at radius 2 is 2.05 bits per heavy atom. The molecule has 1 N–H and O–H groups in total. The Labute approximate surface area is 119 Å². The maximum absolute atomic E-state index is 13.8. The third-order valence-electron chi connectivity index (χ3n) is 3.12. The molecule has 0 unspecified atom stereocenters. The number of halogens is 1. The quantitative estimate of drug-likeness (QED) is 0.692. The smallest absolute Gasteiger partial charge is 0.295 e. The van der Waals surface area contributed by atoms with E-state index in [1.54, 1.807) is 18.2 Å². The average molecular weight is 290 g/mol. The van der Waals surface area contributed by atoms with Crippen LogP contribution in [0.1, 0.15) is 5.56 Å². The maximum atomic E-state index is 13.8. The third kappa shape index (κ3) is 2.45. The normalized spacial score (nSPS) is 12.2. The molecule has 108 valence electrons. The highest BCUT2D eigenvalue weighted by Gasteiger charge is 2.20. The predicted octanol–water partition coefficient (Wildman–Crippen LogP) is 3.07. The van der Waals surface area contributed by atoms with Crippen molar-refractivity contribution < 1.29 is 18.8 Å². The van der Waals surface area contributed by atoms with Crippen LogP contribution in [0.15, 0.2) is 36.4 Å². The third-order valence-corrected chi connectivity index (χ3v) is 3.12. The average Bonchev–Trinajstić information content (AvgIpc) is 2.94.